The van der Waals surface area contributed by atoms with Crippen molar-refractivity contribution in [3.63, 3.8) is 0 Å². The van der Waals surface area contributed by atoms with E-state index in [1.54, 1.807) is 17.7 Å². The van der Waals surface area contributed by atoms with E-state index in [-0.39, 0.29) is 30.4 Å². The monoisotopic (exact) mass is 318 g/mol. The van der Waals surface area contributed by atoms with Crippen LogP contribution in [0, 0.1) is 5.82 Å². The molecule has 1 atom stereocenters. The van der Waals surface area contributed by atoms with Crippen LogP contribution in [0.15, 0.2) is 24.3 Å². The van der Waals surface area contributed by atoms with Gasteiger partial charge in [-0.05, 0) is 19.1 Å². The molecule has 1 aliphatic rings. The number of primary amides is 1. The zero-order valence-corrected chi connectivity index (χ0v) is 12.4. The summed E-state index contributed by atoms with van der Waals surface area (Å²) in [6.45, 7) is 2.07. The first kappa shape index (κ1) is 15.0. The van der Waals surface area contributed by atoms with Crippen molar-refractivity contribution in [1.29, 1.82) is 0 Å². The summed E-state index contributed by atoms with van der Waals surface area (Å²) in [5.74, 6) is -1.17. The van der Waals surface area contributed by atoms with E-state index in [1.165, 1.54) is 23.1 Å². The van der Waals surface area contributed by atoms with Gasteiger partial charge in [-0.15, -0.1) is 0 Å². The number of aromatic nitrogens is 2. The molecular weight excluding hydrogens is 303 g/mol. The van der Waals surface area contributed by atoms with Crippen LogP contribution in [0.4, 0.5) is 9.18 Å². The predicted octanol–water partition coefficient (Wildman–Crippen LogP) is 1.84. The highest BCUT2D eigenvalue weighted by molar-refractivity contribution is 6.00. The Labute approximate surface area is 131 Å². The molecule has 8 heteroatoms. The molecule has 0 saturated carbocycles. The van der Waals surface area contributed by atoms with Gasteiger partial charge in [-0.1, -0.05) is 12.1 Å². The molecule has 120 valence electrons. The Morgan fingerprint density at radius 2 is 2.17 bits per heavy atom. The van der Waals surface area contributed by atoms with Crippen LogP contribution in [-0.2, 0) is 6.54 Å². The van der Waals surface area contributed by atoms with Gasteiger partial charge in [0.15, 0.2) is 0 Å². The zero-order valence-electron chi connectivity index (χ0n) is 12.4. The van der Waals surface area contributed by atoms with Gasteiger partial charge in [0.2, 0.25) is 0 Å². The molecule has 2 heterocycles. The van der Waals surface area contributed by atoms with Crippen LogP contribution in [0.2, 0.25) is 0 Å². The number of rotatable bonds is 2. The number of fused-ring (bicyclic) bond motifs is 1. The Morgan fingerprint density at radius 1 is 1.43 bits per heavy atom. The largest absolute Gasteiger partial charge is 0.465 e. The van der Waals surface area contributed by atoms with Crippen LogP contribution >= 0.6 is 0 Å². The second-order valence-corrected chi connectivity index (χ2v) is 5.50. The highest BCUT2D eigenvalue weighted by Gasteiger charge is 2.32. The van der Waals surface area contributed by atoms with Gasteiger partial charge in [-0.2, -0.15) is 5.10 Å². The SMILES string of the molecule is CC1CN(C(=O)O)Cc2c(C(N)=O)c(-c3cccc(F)c3)nn21. The van der Waals surface area contributed by atoms with E-state index >= 15 is 0 Å². The molecule has 0 spiro atoms. The fourth-order valence-electron chi connectivity index (χ4n) is 2.87. The van der Waals surface area contributed by atoms with Crippen LogP contribution in [-0.4, -0.2) is 38.3 Å². The minimum Gasteiger partial charge on any atom is -0.465 e. The molecule has 3 rings (SSSR count). The van der Waals surface area contributed by atoms with Crippen LogP contribution in [0.3, 0.4) is 0 Å². The average molecular weight is 318 g/mol. The molecule has 23 heavy (non-hydrogen) atoms. The standard InChI is InChI=1S/C15H15FN4O3/c1-8-6-19(15(22)23)7-11-12(14(17)21)13(18-20(8)11)9-3-2-4-10(16)5-9/h2-5,8H,6-7H2,1H3,(H2,17,21)(H,22,23). The van der Waals surface area contributed by atoms with Gasteiger partial charge in [0.25, 0.3) is 5.91 Å². The van der Waals surface area contributed by atoms with Crippen LogP contribution in [0.1, 0.15) is 29.0 Å². The number of nitrogens with zero attached hydrogens (tertiary/aromatic N) is 3. The normalized spacial score (nSPS) is 17.0. The molecule has 1 unspecified atom stereocenters. The third-order valence-electron chi connectivity index (χ3n) is 3.87. The van der Waals surface area contributed by atoms with E-state index in [2.05, 4.69) is 5.10 Å². The number of nitrogens with two attached hydrogens (primary N) is 1. The van der Waals surface area contributed by atoms with E-state index < -0.39 is 17.8 Å². The minimum absolute atomic E-state index is 0.0141. The molecule has 0 radical (unpaired) electrons. The summed E-state index contributed by atoms with van der Waals surface area (Å²) < 4.78 is 15.1. The third kappa shape index (κ3) is 2.52. The number of amides is 2. The van der Waals surface area contributed by atoms with Gasteiger partial charge in [0, 0.05) is 12.1 Å². The quantitative estimate of drug-likeness (QED) is 0.882. The summed E-state index contributed by atoms with van der Waals surface area (Å²) in [7, 11) is 0. The number of halogens is 1. The lowest BCUT2D eigenvalue weighted by Crippen LogP contribution is -2.40. The van der Waals surface area contributed by atoms with Crippen LogP contribution in [0.5, 0.6) is 0 Å². The summed E-state index contributed by atoms with van der Waals surface area (Å²) >= 11 is 0. The summed E-state index contributed by atoms with van der Waals surface area (Å²) in [6, 6.07) is 5.44. The number of carboxylic acid groups (broad SMARTS) is 1. The van der Waals surface area contributed by atoms with Crippen molar-refractivity contribution in [2.45, 2.75) is 19.5 Å². The molecule has 2 aromatic rings. The maximum absolute atomic E-state index is 13.5. The summed E-state index contributed by atoms with van der Waals surface area (Å²) in [4.78, 5) is 24.3. The van der Waals surface area contributed by atoms with Crippen molar-refractivity contribution in [2.24, 2.45) is 5.73 Å². The van der Waals surface area contributed by atoms with Crippen molar-refractivity contribution in [3.8, 4) is 11.3 Å². The molecule has 2 amide bonds. The highest BCUT2D eigenvalue weighted by Crippen LogP contribution is 2.31. The van der Waals surface area contributed by atoms with E-state index in [0.717, 1.165) is 0 Å². The van der Waals surface area contributed by atoms with Crippen molar-refractivity contribution in [3.05, 3.63) is 41.3 Å². The fraction of sp³-hybridized carbons (Fsp3) is 0.267. The molecule has 0 saturated heterocycles. The Hall–Kier alpha value is -2.90. The maximum atomic E-state index is 13.5. The average Bonchev–Trinajstić information content (AvgIpc) is 2.87. The number of hydrogen-bond donors (Lipinski definition) is 2. The molecule has 7 nitrogen and oxygen atoms in total. The van der Waals surface area contributed by atoms with Crippen LogP contribution in [0.25, 0.3) is 11.3 Å². The van der Waals surface area contributed by atoms with Gasteiger partial charge in [0.1, 0.15) is 11.5 Å². The first-order valence-electron chi connectivity index (χ1n) is 7.03. The lowest BCUT2D eigenvalue weighted by molar-refractivity contribution is 0.0990. The number of benzene rings is 1. The van der Waals surface area contributed by atoms with Crippen LogP contribution < -0.4 is 5.73 Å². The number of carbonyl (C=O) groups is 2. The van der Waals surface area contributed by atoms with E-state index in [4.69, 9.17) is 5.73 Å². The first-order chi connectivity index (χ1) is 10.9. The van der Waals surface area contributed by atoms with E-state index in [1.807, 2.05) is 0 Å². The topological polar surface area (TPSA) is 101 Å². The molecular formula is C15H15FN4O3. The summed E-state index contributed by atoms with van der Waals surface area (Å²) in [5.41, 5.74) is 6.73. The summed E-state index contributed by atoms with van der Waals surface area (Å²) in [6.07, 6.45) is -1.08. The van der Waals surface area contributed by atoms with Crippen molar-refractivity contribution < 1.29 is 19.1 Å². The van der Waals surface area contributed by atoms with Gasteiger partial charge in [0.05, 0.1) is 23.8 Å². The molecule has 0 bridgehead atoms. The fourth-order valence-corrected chi connectivity index (χ4v) is 2.87. The van der Waals surface area contributed by atoms with Gasteiger partial charge in [-0.25, -0.2) is 9.18 Å². The number of hydrogen-bond acceptors (Lipinski definition) is 3. The minimum atomic E-state index is -1.08. The lowest BCUT2D eigenvalue weighted by Gasteiger charge is -2.30. The van der Waals surface area contributed by atoms with Crippen molar-refractivity contribution in [2.75, 3.05) is 6.54 Å². The Balaban J connectivity index is 2.19. The summed E-state index contributed by atoms with van der Waals surface area (Å²) in [5, 5.41) is 13.6. The molecule has 3 N–H and O–H groups in total. The van der Waals surface area contributed by atoms with Crippen molar-refractivity contribution in [1.82, 2.24) is 14.7 Å². The van der Waals surface area contributed by atoms with Gasteiger partial charge < -0.3 is 15.7 Å². The van der Waals surface area contributed by atoms with Crippen molar-refractivity contribution >= 4 is 12.0 Å². The molecule has 0 fully saturated rings. The molecule has 0 aliphatic carbocycles. The highest BCUT2D eigenvalue weighted by atomic mass is 19.1. The molecule has 1 aromatic carbocycles. The maximum Gasteiger partial charge on any atom is 0.407 e. The number of carbonyl (C=O) groups excluding carboxylic acids is 1. The first-order valence-corrected chi connectivity index (χ1v) is 7.03. The van der Waals surface area contributed by atoms with Gasteiger partial charge >= 0.3 is 6.09 Å². The Morgan fingerprint density at radius 3 is 2.78 bits per heavy atom. The zero-order chi connectivity index (χ0) is 16.7. The predicted molar refractivity (Wildman–Crippen MR) is 79.3 cm³/mol. The van der Waals surface area contributed by atoms with E-state index in [0.29, 0.717) is 11.3 Å². The third-order valence-corrected chi connectivity index (χ3v) is 3.87. The lowest BCUT2D eigenvalue weighted by atomic mass is 10.0. The second-order valence-electron chi connectivity index (χ2n) is 5.50. The smallest absolute Gasteiger partial charge is 0.407 e. The molecule has 1 aromatic heterocycles. The molecule has 1 aliphatic heterocycles. The second kappa shape index (κ2) is 5.38. The Bertz CT molecular complexity index is 802. The Kier molecular flexibility index (Phi) is 3.51. The van der Waals surface area contributed by atoms with Gasteiger partial charge in [-0.3, -0.25) is 9.48 Å². The van der Waals surface area contributed by atoms with E-state index in [9.17, 15) is 19.1 Å².